The van der Waals surface area contributed by atoms with Crippen molar-refractivity contribution in [3.8, 4) is 0 Å². The molecular weight excluding hydrogens is 438 g/mol. The van der Waals surface area contributed by atoms with Crippen LogP contribution < -0.4 is 0 Å². The lowest BCUT2D eigenvalue weighted by Gasteiger charge is -2.23. The number of rotatable bonds is 5. The van der Waals surface area contributed by atoms with E-state index in [1.165, 1.54) is 11.2 Å². The highest BCUT2D eigenvalue weighted by molar-refractivity contribution is 6.46. The molecule has 3 aromatic carbocycles. The number of Topliss-reactive ketones (excluding diaryl/α,β-unsaturated/α-hetero) is 1. The summed E-state index contributed by atoms with van der Waals surface area (Å²) in [5, 5.41) is 13.8. The van der Waals surface area contributed by atoms with E-state index in [9.17, 15) is 14.7 Å². The van der Waals surface area contributed by atoms with E-state index < -0.39 is 17.7 Å². The second-order valence-corrected chi connectivity index (χ2v) is 8.38. The van der Waals surface area contributed by atoms with Gasteiger partial charge in [-0.1, -0.05) is 60.1 Å². The van der Waals surface area contributed by atoms with Gasteiger partial charge in [-0.15, -0.1) is 0 Å². The molecule has 0 saturated carbocycles. The monoisotopic (exact) mass is 457 g/mol. The van der Waals surface area contributed by atoms with Crippen LogP contribution in [0.15, 0.2) is 95.1 Å². The van der Waals surface area contributed by atoms with Crippen molar-refractivity contribution < 1.29 is 19.1 Å². The van der Waals surface area contributed by atoms with E-state index in [0.29, 0.717) is 22.8 Å². The number of aliphatic hydroxyl groups excluding tert-OH is 1. The molecule has 5 rings (SSSR count). The fourth-order valence-corrected chi connectivity index (χ4v) is 4.37. The molecule has 2 heterocycles. The Morgan fingerprint density at radius 2 is 1.70 bits per heavy atom. The van der Waals surface area contributed by atoms with Gasteiger partial charge in [-0.05, 0) is 53.1 Å². The topological polar surface area (TPSA) is 70.8 Å². The Labute approximate surface area is 195 Å². The zero-order valence-corrected chi connectivity index (χ0v) is 18.3. The number of halogens is 1. The third kappa shape index (κ3) is 3.92. The molecule has 5 nitrogen and oxygen atoms in total. The average Bonchev–Trinajstić information content (AvgIpc) is 3.45. The molecule has 1 unspecified atom stereocenters. The first kappa shape index (κ1) is 21.0. The number of furan rings is 1. The van der Waals surface area contributed by atoms with Crippen molar-refractivity contribution in [2.75, 3.05) is 6.54 Å². The first-order valence-electron chi connectivity index (χ1n) is 10.6. The number of nitrogens with zero attached hydrogens (tertiary/aromatic N) is 1. The summed E-state index contributed by atoms with van der Waals surface area (Å²) >= 11 is 5.97. The Hall–Kier alpha value is -3.83. The van der Waals surface area contributed by atoms with E-state index >= 15 is 0 Å². The number of amides is 1. The van der Waals surface area contributed by atoms with Crippen molar-refractivity contribution in [3.63, 3.8) is 0 Å². The summed E-state index contributed by atoms with van der Waals surface area (Å²) < 4.78 is 5.59. The molecule has 1 N–H and O–H groups in total. The van der Waals surface area contributed by atoms with E-state index in [-0.39, 0.29) is 17.9 Å². The molecule has 0 spiro atoms. The van der Waals surface area contributed by atoms with Gasteiger partial charge in [-0.3, -0.25) is 9.59 Å². The van der Waals surface area contributed by atoms with Crippen molar-refractivity contribution in [3.05, 3.63) is 113 Å². The zero-order chi connectivity index (χ0) is 22.9. The molecule has 1 aliphatic rings. The predicted molar refractivity (Wildman–Crippen MR) is 127 cm³/mol. The Balaban J connectivity index is 1.55. The maximum absolute atomic E-state index is 13.1. The summed E-state index contributed by atoms with van der Waals surface area (Å²) in [5.74, 6) is -1.17. The minimum Gasteiger partial charge on any atom is -0.507 e. The van der Waals surface area contributed by atoms with Gasteiger partial charge in [-0.25, -0.2) is 0 Å². The molecule has 0 radical (unpaired) electrons. The quantitative estimate of drug-likeness (QED) is 0.235. The van der Waals surface area contributed by atoms with Crippen molar-refractivity contribution in [2.45, 2.75) is 12.5 Å². The number of likely N-dealkylation sites (tertiary alicyclic amines) is 1. The maximum Gasteiger partial charge on any atom is 0.295 e. The van der Waals surface area contributed by atoms with E-state index in [1.54, 1.807) is 30.3 Å². The summed E-state index contributed by atoms with van der Waals surface area (Å²) in [5.41, 5.74) is 1.48. The van der Waals surface area contributed by atoms with Gasteiger partial charge < -0.3 is 14.4 Å². The second-order valence-electron chi connectivity index (χ2n) is 7.95. The standard InChI is InChI=1S/C27H20ClNO4/c28-21-11-7-17(8-12-21)13-14-29-24(22-6-3-15-33-22)23(26(31)27(29)32)25(30)20-10-9-18-4-1-2-5-19(18)16-20/h1-12,15-16,24,30H,13-14H2/b25-23-. The highest BCUT2D eigenvalue weighted by atomic mass is 35.5. The van der Waals surface area contributed by atoms with Crippen LogP contribution >= 0.6 is 11.6 Å². The first-order valence-corrected chi connectivity index (χ1v) is 11.0. The van der Waals surface area contributed by atoms with Gasteiger partial charge in [0.05, 0.1) is 11.8 Å². The third-order valence-electron chi connectivity index (χ3n) is 5.93. The average molecular weight is 458 g/mol. The summed E-state index contributed by atoms with van der Waals surface area (Å²) in [6.07, 6.45) is 2.02. The predicted octanol–water partition coefficient (Wildman–Crippen LogP) is 5.75. The smallest absolute Gasteiger partial charge is 0.295 e. The highest BCUT2D eigenvalue weighted by Crippen LogP contribution is 2.40. The number of hydrogen-bond acceptors (Lipinski definition) is 4. The number of hydrogen-bond donors (Lipinski definition) is 1. The Bertz CT molecular complexity index is 1370. The molecule has 1 fully saturated rings. The molecule has 1 aliphatic heterocycles. The number of carbonyl (C=O) groups is 2. The molecule has 1 amide bonds. The van der Waals surface area contributed by atoms with Crippen LogP contribution in [-0.2, 0) is 16.0 Å². The molecule has 0 aliphatic carbocycles. The second kappa shape index (κ2) is 8.60. The Kier molecular flexibility index (Phi) is 5.48. The zero-order valence-electron chi connectivity index (χ0n) is 17.6. The molecule has 1 saturated heterocycles. The van der Waals surface area contributed by atoms with Crippen LogP contribution in [0, 0.1) is 0 Å². The van der Waals surface area contributed by atoms with Crippen LogP contribution in [0.3, 0.4) is 0 Å². The van der Waals surface area contributed by atoms with Gasteiger partial charge >= 0.3 is 0 Å². The van der Waals surface area contributed by atoms with Gasteiger partial charge in [-0.2, -0.15) is 0 Å². The van der Waals surface area contributed by atoms with Crippen molar-refractivity contribution in [2.24, 2.45) is 0 Å². The molecular formula is C27H20ClNO4. The summed E-state index contributed by atoms with van der Waals surface area (Å²) in [6.45, 7) is 0.284. The van der Waals surface area contributed by atoms with E-state index in [1.807, 2.05) is 48.5 Å². The highest BCUT2D eigenvalue weighted by Gasteiger charge is 2.47. The van der Waals surface area contributed by atoms with Crippen LogP contribution in [-0.4, -0.2) is 28.2 Å². The lowest BCUT2D eigenvalue weighted by Crippen LogP contribution is -2.31. The Morgan fingerprint density at radius 1 is 0.939 bits per heavy atom. The summed E-state index contributed by atoms with van der Waals surface area (Å²) in [6, 6.07) is 23.1. The summed E-state index contributed by atoms with van der Waals surface area (Å²) in [4.78, 5) is 27.6. The normalized spacial score (nSPS) is 17.7. The van der Waals surface area contributed by atoms with Gasteiger partial charge in [0.15, 0.2) is 0 Å². The number of benzene rings is 3. The molecule has 164 valence electrons. The van der Waals surface area contributed by atoms with Crippen LogP contribution in [0.2, 0.25) is 5.02 Å². The van der Waals surface area contributed by atoms with E-state index in [4.69, 9.17) is 16.0 Å². The fraction of sp³-hybridized carbons (Fsp3) is 0.111. The van der Waals surface area contributed by atoms with Crippen LogP contribution in [0.5, 0.6) is 0 Å². The fourth-order valence-electron chi connectivity index (χ4n) is 4.25. The SMILES string of the molecule is O=C1C(=O)N(CCc2ccc(Cl)cc2)C(c2ccco2)/C1=C(/O)c1ccc2ccccc2c1. The first-order chi connectivity index (χ1) is 16.0. The molecule has 0 bridgehead atoms. The van der Waals surface area contributed by atoms with Gasteiger partial charge in [0.2, 0.25) is 0 Å². The molecule has 1 aromatic heterocycles. The molecule has 6 heteroatoms. The van der Waals surface area contributed by atoms with E-state index in [2.05, 4.69) is 0 Å². The number of carbonyl (C=O) groups excluding carboxylic acids is 2. The van der Waals surface area contributed by atoms with Gasteiger partial charge in [0, 0.05) is 17.1 Å². The van der Waals surface area contributed by atoms with Crippen molar-refractivity contribution in [1.29, 1.82) is 0 Å². The van der Waals surface area contributed by atoms with Gasteiger partial charge in [0.25, 0.3) is 11.7 Å². The maximum atomic E-state index is 13.1. The van der Waals surface area contributed by atoms with Gasteiger partial charge in [0.1, 0.15) is 17.6 Å². The lowest BCUT2D eigenvalue weighted by molar-refractivity contribution is -0.140. The number of fused-ring (bicyclic) bond motifs is 1. The molecule has 4 aromatic rings. The lowest BCUT2D eigenvalue weighted by atomic mass is 9.97. The minimum absolute atomic E-state index is 0.0290. The number of aliphatic hydroxyl groups is 1. The van der Waals surface area contributed by atoms with Crippen molar-refractivity contribution >= 4 is 39.8 Å². The minimum atomic E-state index is -0.807. The summed E-state index contributed by atoms with van der Waals surface area (Å²) in [7, 11) is 0. The molecule has 33 heavy (non-hydrogen) atoms. The number of ketones is 1. The van der Waals surface area contributed by atoms with E-state index in [0.717, 1.165) is 16.3 Å². The molecule has 1 atom stereocenters. The third-order valence-corrected chi connectivity index (χ3v) is 6.18. The van der Waals surface area contributed by atoms with Crippen molar-refractivity contribution in [1.82, 2.24) is 4.90 Å². The van der Waals surface area contributed by atoms with Crippen LogP contribution in [0.25, 0.3) is 16.5 Å². The van der Waals surface area contributed by atoms with Crippen LogP contribution in [0.4, 0.5) is 0 Å². The largest absolute Gasteiger partial charge is 0.507 e. The Morgan fingerprint density at radius 3 is 2.42 bits per heavy atom. The van der Waals surface area contributed by atoms with Crippen LogP contribution in [0.1, 0.15) is 22.9 Å².